The van der Waals surface area contributed by atoms with E-state index >= 15 is 0 Å². The van der Waals surface area contributed by atoms with Crippen molar-refractivity contribution in [3.8, 4) is 11.5 Å². The number of nitrogens with zero attached hydrogens (tertiary/aromatic N) is 3. The van der Waals surface area contributed by atoms with E-state index in [1.54, 1.807) is 54.7 Å². The second kappa shape index (κ2) is 7.94. The third-order valence-corrected chi connectivity index (χ3v) is 5.57. The van der Waals surface area contributed by atoms with E-state index in [-0.39, 0.29) is 5.69 Å². The number of hydrogen-bond acceptors (Lipinski definition) is 5. The Morgan fingerprint density at radius 1 is 1.14 bits per heavy atom. The van der Waals surface area contributed by atoms with Crippen molar-refractivity contribution in [3.63, 3.8) is 0 Å². The van der Waals surface area contributed by atoms with Crippen LogP contribution in [0.15, 0.2) is 68.5 Å². The van der Waals surface area contributed by atoms with E-state index in [9.17, 15) is 10.1 Å². The van der Waals surface area contributed by atoms with Crippen LogP contribution in [0.2, 0.25) is 10.0 Å². The first-order valence-electron chi connectivity index (χ1n) is 8.25. The summed E-state index contributed by atoms with van der Waals surface area (Å²) in [5.74, 6) is 0.358. The molecule has 144 valence electrons. The Labute approximate surface area is 183 Å². The van der Waals surface area contributed by atoms with Crippen molar-refractivity contribution in [2.75, 3.05) is 0 Å². The molecule has 4 rings (SSSR count). The number of nitro groups is 1. The SMILES string of the molecule is O=[N+]([O-])c1cc(C=Nc2ccc3oc(-c4cccc(Cl)c4Cl)nc3c2)ccc1Br. The Balaban J connectivity index is 1.66. The Morgan fingerprint density at radius 2 is 1.97 bits per heavy atom. The lowest BCUT2D eigenvalue weighted by atomic mass is 10.2. The predicted octanol–water partition coefficient (Wildman–Crippen LogP) is 7.22. The number of aliphatic imine (C=N–C) groups is 1. The second-order valence-corrected chi connectivity index (χ2v) is 7.64. The Hall–Kier alpha value is -2.74. The molecule has 1 heterocycles. The molecule has 0 spiro atoms. The average Bonchev–Trinajstić information content (AvgIpc) is 3.12. The van der Waals surface area contributed by atoms with E-state index in [4.69, 9.17) is 27.6 Å². The third-order valence-electron chi connectivity index (χ3n) is 4.08. The molecule has 0 aliphatic rings. The second-order valence-electron chi connectivity index (χ2n) is 6.00. The van der Waals surface area contributed by atoms with Gasteiger partial charge in [-0.25, -0.2) is 4.98 Å². The maximum atomic E-state index is 11.1. The van der Waals surface area contributed by atoms with Gasteiger partial charge in [-0.05, 0) is 57.9 Å². The highest BCUT2D eigenvalue weighted by molar-refractivity contribution is 9.10. The lowest BCUT2D eigenvalue weighted by molar-refractivity contribution is -0.385. The maximum absolute atomic E-state index is 11.1. The Morgan fingerprint density at radius 3 is 2.76 bits per heavy atom. The molecule has 0 saturated carbocycles. The minimum atomic E-state index is -0.453. The molecule has 9 heteroatoms. The van der Waals surface area contributed by atoms with E-state index in [1.165, 1.54) is 6.07 Å². The van der Waals surface area contributed by atoms with Crippen molar-refractivity contribution in [1.82, 2.24) is 4.98 Å². The van der Waals surface area contributed by atoms with E-state index in [1.807, 2.05) is 0 Å². The van der Waals surface area contributed by atoms with Gasteiger partial charge in [0.1, 0.15) is 5.52 Å². The molecule has 29 heavy (non-hydrogen) atoms. The van der Waals surface area contributed by atoms with Gasteiger partial charge < -0.3 is 4.42 Å². The molecular weight excluding hydrogens is 481 g/mol. The number of halogens is 3. The quantitative estimate of drug-likeness (QED) is 0.172. The van der Waals surface area contributed by atoms with Gasteiger partial charge in [-0.2, -0.15) is 0 Å². The van der Waals surface area contributed by atoms with Crippen LogP contribution >= 0.6 is 39.1 Å². The lowest BCUT2D eigenvalue weighted by Gasteiger charge is -2.00. The molecule has 6 nitrogen and oxygen atoms in total. The highest BCUT2D eigenvalue weighted by atomic mass is 79.9. The van der Waals surface area contributed by atoms with Gasteiger partial charge in [0.05, 0.1) is 30.7 Å². The first-order valence-corrected chi connectivity index (χ1v) is 9.80. The Kier molecular flexibility index (Phi) is 5.36. The van der Waals surface area contributed by atoms with Gasteiger partial charge >= 0.3 is 0 Å². The largest absolute Gasteiger partial charge is 0.436 e. The molecule has 0 bridgehead atoms. The maximum Gasteiger partial charge on any atom is 0.284 e. The number of oxazole rings is 1. The van der Waals surface area contributed by atoms with E-state index in [2.05, 4.69) is 25.9 Å². The van der Waals surface area contributed by atoms with Gasteiger partial charge in [0.15, 0.2) is 5.58 Å². The average molecular weight is 491 g/mol. The number of nitro benzene ring substituents is 1. The fraction of sp³-hybridized carbons (Fsp3) is 0. The molecular formula is C20H10BrCl2N3O3. The van der Waals surface area contributed by atoms with Crippen molar-refractivity contribution in [3.05, 3.63) is 84.8 Å². The number of hydrogen-bond donors (Lipinski definition) is 0. The van der Waals surface area contributed by atoms with E-state index < -0.39 is 4.92 Å². The van der Waals surface area contributed by atoms with Crippen molar-refractivity contribution in [2.24, 2.45) is 4.99 Å². The van der Waals surface area contributed by atoms with Crippen molar-refractivity contribution < 1.29 is 9.34 Å². The summed E-state index contributed by atoms with van der Waals surface area (Å²) in [6.45, 7) is 0. The Bertz CT molecular complexity index is 1290. The molecule has 0 unspecified atom stereocenters. The van der Waals surface area contributed by atoms with Crippen LogP contribution in [0.3, 0.4) is 0 Å². The van der Waals surface area contributed by atoms with Crippen LogP contribution in [0.4, 0.5) is 11.4 Å². The van der Waals surface area contributed by atoms with Crippen molar-refractivity contribution in [2.45, 2.75) is 0 Å². The van der Waals surface area contributed by atoms with E-state index in [0.29, 0.717) is 48.3 Å². The molecule has 0 radical (unpaired) electrons. The van der Waals surface area contributed by atoms with Crippen LogP contribution in [0, 0.1) is 10.1 Å². The lowest BCUT2D eigenvalue weighted by Crippen LogP contribution is -1.91. The number of fused-ring (bicyclic) bond motifs is 1. The zero-order valence-electron chi connectivity index (χ0n) is 14.5. The summed E-state index contributed by atoms with van der Waals surface area (Å²) in [4.78, 5) is 19.4. The van der Waals surface area contributed by atoms with Gasteiger partial charge in [0, 0.05) is 12.3 Å². The van der Waals surface area contributed by atoms with Crippen LogP contribution in [0.25, 0.3) is 22.6 Å². The first-order chi connectivity index (χ1) is 13.9. The summed E-state index contributed by atoms with van der Waals surface area (Å²) in [5, 5.41) is 11.8. The minimum absolute atomic E-state index is 0.0241. The number of rotatable bonds is 4. The van der Waals surface area contributed by atoms with Gasteiger partial charge in [0.25, 0.3) is 5.69 Å². The van der Waals surface area contributed by atoms with E-state index in [0.717, 1.165) is 0 Å². The molecule has 3 aromatic carbocycles. The first kappa shape index (κ1) is 19.6. The van der Waals surface area contributed by atoms with Crippen LogP contribution in [0.5, 0.6) is 0 Å². The summed E-state index contributed by atoms with van der Waals surface area (Å²) >= 11 is 15.5. The molecule has 1 aromatic heterocycles. The summed E-state index contributed by atoms with van der Waals surface area (Å²) in [7, 11) is 0. The highest BCUT2D eigenvalue weighted by Crippen LogP contribution is 2.35. The zero-order valence-corrected chi connectivity index (χ0v) is 17.6. The van der Waals surface area contributed by atoms with Gasteiger partial charge in [-0.1, -0.05) is 35.3 Å². The number of benzene rings is 3. The summed E-state index contributed by atoms with van der Waals surface area (Å²) < 4.78 is 6.19. The highest BCUT2D eigenvalue weighted by Gasteiger charge is 2.14. The molecule has 0 atom stereocenters. The predicted molar refractivity (Wildman–Crippen MR) is 118 cm³/mol. The molecule has 4 aromatic rings. The normalized spacial score (nSPS) is 11.4. The fourth-order valence-corrected chi connectivity index (χ4v) is 3.45. The van der Waals surface area contributed by atoms with Crippen LogP contribution in [-0.2, 0) is 0 Å². The monoisotopic (exact) mass is 489 g/mol. The third kappa shape index (κ3) is 4.03. The molecule has 0 amide bonds. The fourth-order valence-electron chi connectivity index (χ4n) is 2.68. The van der Waals surface area contributed by atoms with Crippen LogP contribution < -0.4 is 0 Å². The van der Waals surface area contributed by atoms with Gasteiger partial charge in [0.2, 0.25) is 5.89 Å². The molecule has 0 aliphatic heterocycles. The van der Waals surface area contributed by atoms with Gasteiger partial charge in [-0.15, -0.1) is 0 Å². The zero-order chi connectivity index (χ0) is 20.5. The van der Waals surface area contributed by atoms with Crippen LogP contribution in [-0.4, -0.2) is 16.1 Å². The topological polar surface area (TPSA) is 81.5 Å². The molecule has 0 fully saturated rings. The van der Waals surface area contributed by atoms with Crippen molar-refractivity contribution in [1.29, 1.82) is 0 Å². The molecule has 0 aliphatic carbocycles. The minimum Gasteiger partial charge on any atom is -0.436 e. The van der Waals surface area contributed by atoms with Gasteiger partial charge in [-0.3, -0.25) is 15.1 Å². The standard InChI is InChI=1S/C20H10BrCl2N3O3/c21-14-6-4-11(8-17(14)26(27)28)10-24-12-5-7-18-16(9-12)25-20(29-18)13-2-1-3-15(22)19(13)23/h1-10H. The van der Waals surface area contributed by atoms with Crippen LogP contribution in [0.1, 0.15) is 5.56 Å². The summed E-state index contributed by atoms with van der Waals surface area (Å²) in [6.07, 6.45) is 1.55. The number of aromatic nitrogens is 1. The molecule has 0 N–H and O–H groups in total. The summed E-state index contributed by atoms with van der Waals surface area (Å²) in [5.41, 5.74) is 2.99. The van der Waals surface area contributed by atoms with Crippen molar-refractivity contribution >= 4 is 67.8 Å². The smallest absolute Gasteiger partial charge is 0.284 e. The molecule has 0 saturated heterocycles. The summed E-state index contributed by atoms with van der Waals surface area (Å²) in [6, 6.07) is 15.3.